The molecular weight excluding hydrogens is 495 g/mol. The Balaban J connectivity index is 0.00000450. The highest BCUT2D eigenvalue weighted by molar-refractivity contribution is 14.0. The fraction of sp³-hybridized carbons (Fsp3) is 0.682. The highest BCUT2D eigenvalue weighted by Gasteiger charge is 2.09. The normalized spacial score (nSPS) is 14.8. The number of methoxy groups -OCH3 is 1. The van der Waals surface area contributed by atoms with E-state index in [0.29, 0.717) is 19.8 Å². The van der Waals surface area contributed by atoms with Crippen molar-refractivity contribution in [3.05, 3.63) is 29.3 Å². The van der Waals surface area contributed by atoms with E-state index in [0.717, 1.165) is 69.5 Å². The summed E-state index contributed by atoms with van der Waals surface area (Å²) in [6.07, 6.45) is 3.18. The van der Waals surface area contributed by atoms with Crippen molar-refractivity contribution >= 4 is 29.9 Å². The minimum Gasteiger partial charge on any atom is -0.493 e. The van der Waals surface area contributed by atoms with Gasteiger partial charge in [-0.1, -0.05) is 12.1 Å². The Hall–Kier alpha value is -1.10. The smallest absolute Gasteiger partial charge is 0.191 e. The third-order valence-corrected chi connectivity index (χ3v) is 4.94. The van der Waals surface area contributed by atoms with Crippen LogP contribution in [0.2, 0.25) is 0 Å². The molecule has 1 aliphatic rings. The second-order valence-electron chi connectivity index (χ2n) is 7.32. The summed E-state index contributed by atoms with van der Waals surface area (Å²) in [5, 5.41) is 6.80. The number of rotatable bonds is 12. The largest absolute Gasteiger partial charge is 0.493 e. The van der Waals surface area contributed by atoms with E-state index < -0.39 is 0 Å². The number of aliphatic imine (C=N–C) groups is 1. The number of hydrogen-bond donors (Lipinski definition) is 2. The topological polar surface area (TPSA) is 67.4 Å². The summed E-state index contributed by atoms with van der Waals surface area (Å²) in [4.78, 5) is 6.81. The van der Waals surface area contributed by atoms with Gasteiger partial charge in [0.1, 0.15) is 5.75 Å². The van der Waals surface area contributed by atoms with Crippen molar-refractivity contribution in [2.75, 3.05) is 66.8 Å². The lowest BCUT2D eigenvalue weighted by Crippen LogP contribution is -2.38. The van der Waals surface area contributed by atoms with Crippen LogP contribution in [-0.4, -0.2) is 77.6 Å². The quantitative estimate of drug-likeness (QED) is 0.186. The zero-order chi connectivity index (χ0) is 20.7. The predicted molar refractivity (Wildman–Crippen MR) is 133 cm³/mol. The first-order valence-corrected chi connectivity index (χ1v) is 10.7. The fourth-order valence-electron chi connectivity index (χ4n) is 3.22. The molecule has 2 N–H and O–H groups in total. The Kier molecular flexibility index (Phi) is 14.9. The van der Waals surface area contributed by atoms with Crippen molar-refractivity contribution in [2.24, 2.45) is 4.99 Å². The van der Waals surface area contributed by atoms with Crippen LogP contribution in [0, 0.1) is 6.92 Å². The molecule has 0 aliphatic carbocycles. The number of ether oxygens (including phenoxy) is 3. The van der Waals surface area contributed by atoms with Gasteiger partial charge in [0.05, 0.1) is 19.8 Å². The van der Waals surface area contributed by atoms with Crippen LogP contribution in [0.1, 0.15) is 30.4 Å². The van der Waals surface area contributed by atoms with E-state index in [4.69, 9.17) is 14.2 Å². The monoisotopic (exact) mass is 534 g/mol. The fourth-order valence-corrected chi connectivity index (χ4v) is 3.22. The Labute approximate surface area is 199 Å². The van der Waals surface area contributed by atoms with Crippen molar-refractivity contribution in [1.29, 1.82) is 0 Å². The van der Waals surface area contributed by atoms with E-state index in [2.05, 4.69) is 45.6 Å². The molecule has 172 valence electrons. The molecule has 2 rings (SSSR count). The number of nitrogens with zero attached hydrogens (tertiary/aromatic N) is 2. The summed E-state index contributed by atoms with van der Waals surface area (Å²) >= 11 is 0. The van der Waals surface area contributed by atoms with Gasteiger partial charge >= 0.3 is 0 Å². The molecule has 0 unspecified atom stereocenters. The lowest BCUT2D eigenvalue weighted by molar-refractivity contribution is 0.0372. The van der Waals surface area contributed by atoms with Gasteiger partial charge in [0.25, 0.3) is 0 Å². The number of nitrogens with one attached hydrogen (secondary N) is 2. The van der Waals surface area contributed by atoms with Gasteiger partial charge in [-0.05, 0) is 37.9 Å². The maximum Gasteiger partial charge on any atom is 0.191 e. The molecule has 0 amide bonds. The van der Waals surface area contributed by atoms with Gasteiger partial charge in [-0.15, -0.1) is 24.0 Å². The van der Waals surface area contributed by atoms with Crippen LogP contribution >= 0.6 is 24.0 Å². The Bertz CT molecular complexity index is 610. The second kappa shape index (κ2) is 16.6. The molecule has 1 aromatic rings. The third kappa shape index (κ3) is 10.8. The van der Waals surface area contributed by atoms with E-state index in [1.54, 1.807) is 14.2 Å². The molecule has 1 aromatic carbocycles. The average Bonchev–Trinajstić information content (AvgIpc) is 2.75. The SMILES string of the molecule is CN=C(NCCCCN1CCOCC1)NCc1ccc(C)cc1OCCCOC.I. The van der Waals surface area contributed by atoms with Crippen molar-refractivity contribution in [3.8, 4) is 5.75 Å². The molecule has 30 heavy (non-hydrogen) atoms. The van der Waals surface area contributed by atoms with Crippen LogP contribution in [-0.2, 0) is 16.0 Å². The van der Waals surface area contributed by atoms with Crippen LogP contribution < -0.4 is 15.4 Å². The molecule has 1 fully saturated rings. The van der Waals surface area contributed by atoms with Crippen molar-refractivity contribution < 1.29 is 14.2 Å². The molecule has 1 aliphatic heterocycles. The molecule has 8 heteroatoms. The second-order valence-corrected chi connectivity index (χ2v) is 7.32. The minimum absolute atomic E-state index is 0. The van der Waals surface area contributed by atoms with Crippen molar-refractivity contribution in [3.63, 3.8) is 0 Å². The van der Waals surface area contributed by atoms with Crippen molar-refractivity contribution in [1.82, 2.24) is 15.5 Å². The molecule has 0 aromatic heterocycles. The first-order valence-electron chi connectivity index (χ1n) is 10.7. The summed E-state index contributed by atoms with van der Waals surface area (Å²) in [5.41, 5.74) is 2.32. The summed E-state index contributed by atoms with van der Waals surface area (Å²) in [5.74, 6) is 1.75. The van der Waals surface area contributed by atoms with E-state index in [9.17, 15) is 0 Å². The maximum atomic E-state index is 5.96. The van der Waals surface area contributed by atoms with Gasteiger partial charge in [-0.25, -0.2) is 0 Å². The van der Waals surface area contributed by atoms with E-state index >= 15 is 0 Å². The van der Waals surface area contributed by atoms with Gasteiger partial charge in [-0.2, -0.15) is 0 Å². The molecule has 0 spiro atoms. The average molecular weight is 534 g/mol. The number of benzene rings is 1. The van der Waals surface area contributed by atoms with Gasteiger partial charge in [0.15, 0.2) is 5.96 Å². The first kappa shape index (κ1) is 26.9. The number of morpholine rings is 1. The first-order chi connectivity index (χ1) is 14.2. The Morgan fingerprint density at radius 1 is 1.13 bits per heavy atom. The van der Waals surface area contributed by atoms with Crippen LogP contribution in [0.5, 0.6) is 5.75 Å². The number of unbranched alkanes of at least 4 members (excludes halogenated alkanes) is 1. The number of hydrogen-bond acceptors (Lipinski definition) is 5. The van der Waals surface area contributed by atoms with E-state index in [1.807, 2.05) is 0 Å². The lowest BCUT2D eigenvalue weighted by atomic mass is 10.1. The summed E-state index contributed by atoms with van der Waals surface area (Å²) in [6, 6.07) is 6.32. The standard InChI is InChI=1S/C22H38N4O3.HI/c1-19-7-8-20(21(17-19)29-14-6-13-27-3)18-25-22(23-2)24-9-4-5-10-26-11-15-28-16-12-26;/h7-8,17H,4-6,9-16,18H2,1-3H3,(H2,23,24,25);1H. The van der Waals surface area contributed by atoms with E-state index in [1.165, 1.54) is 12.0 Å². The maximum absolute atomic E-state index is 5.96. The molecule has 0 saturated carbocycles. The summed E-state index contributed by atoms with van der Waals surface area (Å²) in [6.45, 7) is 10.0. The number of aryl methyl sites for hydroxylation is 1. The van der Waals surface area contributed by atoms with Crippen LogP contribution in [0.15, 0.2) is 23.2 Å². The van der Waals surface area contributed by atoms with Gasteiger partial charge in [0.2, 0.25) is 0 Å². The van der Waals surface area contributed by atoms with Crippen LogP contribution in [0.3, 0.4) is 0 Å². The van der Waals surface area contributed by atoms with Gasteiger partial charge in [0, 0.05) is 58.9 Å². The number of guanidine groups is 1. The molecule has 1 saturated heterocycles. The highest BCUT2D eigenvalue weighted by Crippen LogP contribution is 2.20. The van der Waals surface area contributed by atoms with E-state index in [-0.39, 0.29) is 24.0 Å². The predicted octanol–water partition coefficient (Wildman–Crippen LogP) is 2.81. The lowest BCUT2D eigenvalue weighted by Gasteiger charge is -2.26. The molecule has 7 nitrogen and oxygen atoms in total. The molecule has 1 heterocycles. The van der Waals surface area contributed by atoms with Gasteiger partial charge in [-0.3, -0.25) is 9.89 Å². The molecule has 0 radical (unpaired) electrons. The van der Waals surface area contributed by atoms with Gasteiger partial charge < -0.3 is 24.8 Å². The molecular formula is C22H39IN4O3. The Morgan fingerprint density at radius 3 is 2.67 bits per heavy atom. The molecule has 0 atom stereocenters. The highest BCUT2D eigenvalue weighted by atomic mass is 127. The van der Waals surface area contributed by atoms with Crippen LogP contribution in [0.25, 0.3) is 0 Å². The zero-order valence-corrected chi connectivity index (χ0v) is 21.1. The third-order valence-electron chi connectivity index (χ3n) is 4.94. The minimum atomic E-state index is 0. The Morgan fingerprint density at radius 2 is 1.93 bits per heavy atom. The zero-order valence-electron chi connectivity index (χ0n) is 18.7. The number of halogens is 1. The van der Waals surface area contributed by atoms with Crippen molar-refractivity contribution in [2.45, 2.75) is 32.7 Å². The summed E-state index contributed by atoms with van der Waals surface area (Å²) in [7, 11) is 3.52. The summed E-state index contributed by atoms with van der Waals surface area (Å²) < 4.78 is 16.4. The molecule has 0 bridgehead atoms. The van der Waals surface area contributed by atoms with Crippen LogP contribution in [0.4, 0.5) is 0 Å².